The van der Waals surface area contributed by atoms with E-state index in [0.29, 0.717) is 30.6 Å². The largest absolute Gasteiger partial charge is 0.358 e. The molecular formula is C22H33F5O. The molecule has 2 atom stereocenters. The van der Waals surface area contributed by atoms with Crippen molar-refractivity contribution in [2.75, 3.05) is 0 Å². The third-order valence-corrected chi connectivity index (χ3v) is 7.19. The highest BCUT2D eigenvalue weighted by atomic mass is 19.3. The summed E-state index contributed by atoms with van der Waals surface area (Å²) in [7, 11) is 0. The maximum Gasteiger partial charge on any atom is 0.358 e. The molecular weight excluding hydrogens is 375 g/mol. The van der Waals surface area contributed by atoms with Crippen molar-refractivity contribution in [3.63, 3.8) is 0 Å². The maximum atomic E-state index is 14.6. The molecule has 3 aliphatic carbocycles. The molecule has 28 heavy (non-hydrogen) atoms. The van der Waals surface area contributed by atoms with Gasteiger partial charge in [0.25, 0.3) is 0 Å². The zero-order chi connectivity index (χ0) is 20.3. The van der Waals surface area contributed by atoms with Crippen LogP contribution in [0.1, 0.15) is 71.1 Å². The van der Waals surface area contributed by atoms with Gasteiger partial charge in [-0.05, 0) is 76.0 Å². The van der Waals surface area contributed by atoms with E-state index in [-0.39, 0.29) is 0 Å². The molecule has 0 aromatic carbocycles. The first-order chi connectivity index (χ1) is 13.3. The van der Waals surface area contributed by atoms with Crippen molar-refractivity contribution in [1.29, 1.82) is 0 Å². The highest BCUT2D eigenvalue weighted by Gasteiger charge is 2.48. The molecule has 3 aliphatic rings. The Morgan fingerprint density at radius 2 is 1.29 bits per heavy atom. The van der Waals surface area contributed by atoms with Gasteiger partial charge in [0.2, 0.25) is 0 Å². The van der Waals surface area contributed by atoms with E-state index in [1.54, 1.807) is 0 Å². The lowest BCUT2D eigenvalue weighted by Gasteiger charge is -2.40. The van der Waals surface area contributed by atoms with Crippen LogP contribution in [-0.2, 0) is 4.74 Å². The fourth-order valence-corrected chi connectivity index (χ4v) is 5.51. The molecule has 0 N–H and O–H groups in total. The SMILES string of the molecule is C/C=C/C1CCC(C2CCC(C(F)(F)OC3CC(F)C(F)C(F)C3)CC2)CC1. The molecule has 0 aromatic rings. The van der Waals surface area contributed by atoms with Gasteiger partial charge in [-0.2, -0.15) is 8.78 Å². The normalized spacial score (nSPS) is 43.4. The molecule has 6 heteroatoms. The Bertz CT molecular complexity index is 497. The minimum atomic E-state index is -3.40. The van der Waals surface area contributed by atoms with Crippen LogP contribution in [0.5, 0.6) is 0 Å². The fourth-order valence-electron chi connectivity index (χ4n) is 5.51. The van der Waals surface area contributed by atoms with E-state index in [1.807, 2.05) is 6.92 Å². The summed E-state index contributed by atoms with van der Waals surface area (Å²) in [6.45, 7) is 2.04. The molecule has 3 fully saturated rings. The Morgan fingerprint density at radius 3 is 1.79 bits per heavy atom. The first-order valence-corrected chi connectivity index (χ1v) is 10.9. The van der Waals surface area contributed by atoms with Gasteiger partial charge in [-0.3, -0.25) is 0 Å². The average Bonchev–Trinajstić information content (AvgIpc) is 2.67. The lowest BCUT2D eigenvalue weighted by molar-refractivity contribution is -0.306. The molecule has 0 spiro atoms. The summed E-state index contributed by atoms with van der Waals surface area (Å²) >= 11 is 0. The molecule has 3 saturated carbocycles. The molecule has 2 unspecified atom stereocenters. The Labute approximate surface area is 165 Å². The zero-order valence-electron chi connectivity index (χ0n) is 16.6. The highest BCUT2D eigenvalue weighted by Crippen LogP contribution is 2.46. The molecule has 0 aliphatic heterocycles. The Hall–Kier alpha value is -0.650. The standard InChI is InChI=1S/C22H33F5O/c1-2-3-14-4-6-15(7-5-14)16-8-10-17(11-9-16)22(26,27)28-18-12-19(23)21(25)20(24)13-18/h2-3,14-21H,4-13H2,1H3/b3-2+. The van der Waals surface area contributed by atoms with Gasteiger partial charge >= 0.3 is 6.11 Å². The van der Waals surface area contributed by atoms with Gasteiger partial charge in [-0.25, -0.2) is 13.2 Å². The third-order valence-electron chi connectivity index (χ3n) is 7.19. The van der Waals surface area contributed by atoms with Gasteiger partial charge < -0.3 is 4.74 Å². The molecule has 3 rings (SSSR count). The quantitative estimate of drug-likeness (QED) is 0.353. The van der Waals surface area contributed by atoms with Crippen LogP contribution in [0.4, 0.5) is 22.0 Å². The van der Waals surface area contributed by atoms with E-state index < -0.39 is 49.5 Å². The summed E-state index contributed by atoms with van der Waals surface area (Å²) in [6, 6.07) is 0. The first kappa shape index (κ1) is 22.0. The number of ether oxygens (including phenoxy) is 1. The summed E-state index contributed by atoms with van der Waals surface area (Å²) in [4.78, 5) is 0. The predicted octanol–water partition coefficient (Wildman–Crippen LogP) is 6.96. The fraction of sp³-hybridized carbons (Fsp3) is 0.909. The number of alkyl halides is 5. The molecule has 0 saturated heterocycles. The van der Waals surface area contributed by atoms with Crippen LogP contribution in [0, 0.1) is 23.7 Å². The maximum absolute atomic E-state index is 14.6. The molecule has 0 bridgehead atoms. The van der Waals surface area contributed by atoms with Crippen molar-refractivity contribution in [2.45, 2.75) is 102 Å². The van der Waals surface area contributed by atoms with Gasteiger partial charge in [-0.15, -0.1) is 0 Å². The molecule has 0 radical (unpaired) electrons. The van der Waals surface area contributed by atoms with Crippen LogP contribution in [0.15, 0.2) is 12.2 Å². The molecule has 0 heterocycles. The summed E-state index contributed by atoms with van der Waals surface area (Å²) in [5.41, 5.74) is 0. The highest BCUT2D eigenvalue weighted by molar-refractivity contribution is 4.92. The van der Waals surface area contributed by atoms with Crippen molar-refractivity contribution in [2.24, 2.45) is 23.7 Å². The van der Waals surface area contributed by atoms with E-state index in [9.17, 15) is 22.0 Å². The lowest BCUT2D eigenvalue weighted by atomic mass is 9.69. The number of hydrogen-bond acceptors (Lipinski definition) is 1. The zero-order valence-corrected chi connectivity index (χ0v) is 16.6. The number of allylic oxidation sites excluding steroid dienone is 2. The van der Waals surface area contributed by atoms with Gasteiger partial charge in [0.05, 0.1) is 12.0 Å². The van der Waals surface area contributed by atoms with Crippen LogP contribution in [0.3, 0.4) is 0 Å². The van der Waals surface area contributed by atoms with Crippen molar-refractivity contribution in [3.8, 4) is 0 Å². The minimum absolute atomic E-state index is 0.378. The molecule has 1 nitrogen and oxygen atoms in total. The van der Waals surface area contributed by atoms with Crippen molar-refractivity contribution in [3.05, 3.63) is 12.2 Å². The van der Waals surface area contributed by atoms with Crippen molar-refractivity contribution < 1.29 is 26.7 Å². The van der Waals surface area contributed by atoms with Crippen LogP contribution >= 0.6 is 0 Å². The van der Waals surface area contributed by atoms with Crippen LogP contribution in [-0.4, -0.2) is 30.7 Å². The van der Waals surface area contributed by atoms with Crippen molar-refractivity contribution >= 4 is 0 Å². The monoisotopic (exact) mass is 408 g/mol. The Kier molecular flexibility index (Phi) is 7.43. The summed E-state index contributed by atoms with van der Waals surface area (Å²) in [5, 5.41) is 0. The van der Waals surface area contributed by atoms with E-state index in [4.69, 9.17) is 4.74 Å². The second-order valence-electron chi connectivity index (χ2n) is 9.06. The van der Waals surface area contributed by atoms with Gasteiger partial charge in [0, 0.05) is 12.8 Å². The van der Waals surface area contributed by atoms with E-state index in [2.05, 4.69) is 12.2 Å². The topological polar surface area (TPSA) is 9.23 Å². The van der Waals surface area contributed by atoms with Gasteiger partial charge in [0.1, 0.15) is 12.3 Å². The van der Waals surface area contributed by atoms with Crippen LogP contribution < -0.4 is 0 Å². The number of rotatable bonds is 5. The Morgan fingerprint density at radius 1 is 0.786 bits per heavy atom. The number of halogens is 5. The molecule has 0 aromatic heterocycles. The van der Waals surface area contributed by atoms with Gasteiger partial charge in [-0.1, -0.05) is 12.2 Å². The van der Waals surface area contributed by atoms with E-state index >= 15 is 0 Å². The van der Waals surface area contributed by atoms with E-state index in [1.165, 1.54) is 25.7 Å². The molecule has 0 amide bonds. The molecule has 162 valence electrons. The number of hydrogen-bond donors (Lipinski definition) is 0. The van der Waals surface area contributed by atoms with Crippen LogP contribution in [0.2, 0.25) is 0 Å². The summed E-state index contributed by atoms with van der Waals surface area (Å²) in [6.07, 6.45) is -0.680. The lowest BCUT2D eigenvalue weighted by Crippen LogP contribution is -2.45. The second kappa shape index (κ2) is 9.44. The minimum Gasteiger partial charge on any atom is -0.317 e. The van der Waals surface area contributed by atoms with Gasteiger partial charge in [0.15, 0.2) is 6.17 Å². The Balaban J connectivity index is 1.46. The predicted molar refractivity (Wildman–Crippen MR) is 99.5 cm³/mol. The second-order valence-corrected chi connectivity index (χ2v) is 9.06. The third kappa shape index (κ3) is 5.28. The first-order valence-electron chi connectivity index (χ1n) is 10.9. The average molecular weight is 408 g/mol. The smallest absolute Gasteiger partial charge is 0.317 e. The van der Waals surface area contributed by atoms with Crippen LogP contribution in [0.25, 0.3) is 0 Å². The summed E-state index contributed by atoms with van der Waals surface area (Å²) in [5.74, 6) is 0.859. The van der Waals surface area contributed by atoms with Crippen molar-refractivity contribution in [1.82, 2.24) is 0 Å². The summed E-state index contributed by atoms with van der Waals surface area (Å²) < 4.78 is 74.2. The van der Waals surface area contributed by atoms with E-state index in [0.717, 1.165) is 12.8 Å².